The Balaban J connectivity index is 2.09. The van der Waals surface area contributed by atoms with Crippen molar-refractivity contribution >= 4 is 17.8 Å². The average molecular weight is 396 g/mol. The van der Waals surface area contributed by atoms with Gasteiger partial charge in [0.05, 0.1) is 30.8 Å². The van der Waals surface area contributed by atoms with Crippen LogP contribution in [0.4, 0.5) is 0 Å². The van der Waals surface area contributed by atoms with Crippen molar-refractivity contribution in [1.29, 1.82) is 0 Å². The first-order valence-electron chi connectivity index (χ1n) is 10.3. The Hall–Kier alpha value is -1.67. The molecule has 0 radical (unpaired) electrons. The molecule has 0 aromatic heterocycles. The van der Waals surface area contributed by atoms with Gasteiger partial charge in [0.2, 0.25) is 11.8 Å². The maximum absolute atomic E-state index is 13.5. The van der Waals surface area contributed by atoms with Crippen LogP contribution in [0.1, 0.15) is 53.9 Å². The number of ether oxygens (including phenoxy) is 2. The quantitative estimate of drug-likeness (QED) is 0.611. The normalized spacial score (nSPS) is 37.3. The monoisotopic (exact) mass is 396 g/mol. The number of nitrogens with zero attached hydrogens (tertiary/aromatic N) is 1. The van der Waals surface area contributed by atoms with Gasteiger partial charge in [-0.1, -0.05) is 6.92 Å². The van der Waals surface area contributed by atoms with Gasteiger partial charge in [-0.3, -0.25) is 14.4 Å². The van der Waals surface area contributed by atoms with Gasteiger partial charge >= 0.3 is 5.97 Å². The Kier molecular flexibility index (Phi) is 5.49. The van der Waals surface area contributed by atoms with Gasteiger partial charge in [-0.05, 0) is 47.0 Å². The second kappa shape index (κ2) is 7.30. The number of nitrogens with one attached hydrogen (secondary N) is 1. The third-order valence-corrected chi connectivity index (χ3v) is 6.51. The van der Waals surface area contributed by atoms with E-state index in [2.05, 4.69) is 5.32 Å². The highest BCUT2D eigenvalue weighted by Crippen LogP contribution is 2.63. The van der Waals surface area contributed by atoms with Gasteiger partial charge in [0, 0.05) is 6.04 Å². The molecular weight excluding hydrogens is 364 g/mol. The number of fused-ring (bicyclic) bond motifs is 1. The van der Waals surface area contributed by atoms with E-state index in [-0.39, 0.29) is 31.1 Å². The summed E-state index contributed by atoms with van der Waals surface area (Å²) in [6.45, 7) is 9.09. The van der Waals surface area contributed by atoms with Crippen molar-refractivity contribution in [1.82, 2.24) is 10.2 Å². The molecule has 3 aliphatic heterocycles. The van der Waals surface area contributed by atoms with Crippen LogP contribution < -0.4 is 5.32 Å². The van der Waals surface area contributed by atoms with Crippen LogP contribution in [-0.2, 0) is 23.9 Å². The zero-order chi connectivity index (χ0) is 20.9. The molecule has 0 aromatic carbocycles. The molecule has 2 unspecified atom stereocenters. The predicted molar refractivity (Wildman–Crippen MR) is 100 cm³/mol. The summed E-state index contributed by atoms with van der Waals surface area (Å²) in [6, 6.07) is -1.48. The largest absolute Gasteiger partial charge is 0.466 e. The number of carbonyl (C=O) groups is 3. The van der Waals surface area contributed by atoms with E-state index < -0.39 is 41.1 Å². The standard InChI is InChI=1S/C20H32N2O6/c1-6-12(10-23)22-15(16(24)21-11(3)4)20-9-8-19(5,28-20)14(13(20)17(22)25)18(26)27-7-2/h11-15,23H,6-10H2,1-5H3,(H,21,24)/t12-,13-,14-,15?,19+,20?/m0/s1. The lowest BCUT2D eigenvalue weighted by molar-refractivity contribution is -0.160. The summed E-state index contributed by atoms with van der Waals surface area (Å²) < 4.78 is 11.7. The van der Waals surface area contributed by atoms with E-state index in [1.54, 1.807) is 6.92 Å². The number of esters is 1. The molecule has 2 N–H and O–H groups in total. The molecule has 2 amide bonds. The van der Waals surface area contributed by atoms with E-state index in [4.69, 9.17) is 9.47 Å². The van der Waals surface area contributed by atoms with E-state index in [0.717, 1.165) is 0 Å². The second-order valence-corrected chi connectivity index (χ2v) is 8.63. The molecule has 0 saturated carbocycles. The highest BCUT2D eigenvalue weighted by Gasteiger charge is 2.78. The van der Waals surface area contributed by atoms with Gasteiger partial charge in [-0.2, -0.15) is 0 Å². The first kappa shape index (κ1) is 21.0. The number of hydrogen-bond acceptors (Lipinski definition) is 6. The molecule has 3 aliphatic rings. The summed E-state index contributed by atoms with van der Waals surface area (Å²) in [5.74, 6) is -2.57. The molecule has 2 bridgehead atoms. The Morgan fingerprint density at radius 2 is 2.04 bits per heavy atom. The van der Waals surface area contributed by atoms with E-state index >= 15 is 0 Å². The minimum atomic E-state index is -1.06. The summed E-state index contributed by atoms with van der Waals surface area (Å²) in [5, 5.41) is 12.8. The molecule has 3 rings (SSSR count). The zero-order valence-corrected chi connectivity index (χ0v) is 17.4. The molecule has 158 valence electrons. The Bertz CT molecular complexity index is 663. The Labute approximate surface area is 165 Å². The second-order valence-electron chi connectivity index (χ2n) is 8.63. The lowest BCUT2D eigenvalue weighted by Gasteiger charge is -2.37. The minimum Gasteiger partial charge on any atom is -0.466 e. The first-order valence-corrected chi connectivity index (χ1v) is 10.3. The first-order chi connectivity index (χ1) is 13.2. The molecule has 0 aromatic rings. The highest BCUT2D eigenvalue weighted by atomic mass is 16.6. The van der Waals surface area contributed by atoms with Crippen LogP contribution in [0.15, 0.2) is 0 Å². The van der Waals surface area contributed by atoms with E-state index in [1.165, 1.54) is 4.90 Å². The molecule has 0 aliphatic carbocycles. The lowest BCUT2D eigenvalue weighted by atomic mass is 9.66. The molecule has 8 heteroatoms. The van der Waals surface area contributed by atoms with Crippen LogP contribution in [0.2, 0.25) is 0 Å². The fourth-order valence-electron chi connectivity index (χ4n) is 5.42. The number of rotatable bonds is 7. The van der Waals surface area contributed by atoms with Crippen LogP contribution in [0.25, 0.3) is 0 Å². The molecule has 1 spiro atoms. The van der Waals surface area contributed by atoms with Crippen molar-refractivity contribution in [3.63, 3.8) is 0 Å². The predicted octanol–water partition coefficient (Wildman–Crippen LogP) is 0.610. The number of hydrogen-bond donors (Lipinski definition) is 2. The maximum atomic E-state index is 13.5. The molecule has 6 atom stereocenters. The van der Waals surface area contributed by atoms with Crippen molar-refractivity contribution in [3.05, 3.63) is 0 Å². The van der Waals surface area contributed by atoms with Crippen molar-refractivity contribution in [2.24, 2.45) is 11.8 Å². The van der Waals surface area contributed by atoms with E-state index in [1.807, 2.05) is 27.7 Å². The van der Waals surface area contributed by atoms with Gasteiger partial charge in [0.1, 0.15) is 17.6 Å². The minimum absolute atomic E-state index is 0.107. The molecule has 3 saturated heterocycles. The van der Waals surface area contributed by atoms with Crippen LogP contribution in [0.5, 0.6) is 0 Å². The topological polar surface area (TPSA) is 105 Å². The third kappa shape index (κ3) is 2.84. The fourth-order valence-corrected chi connectivity index (χ4v) is 5.42. The van der Waals surface area contributed by atoms with Crippen molar-refractivity contribution in [2.45, 2.75) is 83.2 Å². The maximum Gasteiger partial charge on any atom is 0.312 e. The number of amides is 2. The van der Waals surface area contributed by atoms with E-state index in [9.17, 15) is 19.5 Å². The van der Waals surface area contributed by atoms with Crippen LogP contribution >= 0.6 is 0 Å². The fraction of sp³-hybridized carbons (Fsp3) is 0.850. The summed E-state index contributed by atoms with van der Waals surface area (Å²) in [5.41, 5.74) is -1.89. The molecule has 3 fully saturated rings. The van der Waals surface area contributed by atoms with E-state index in [0.29, 0.717) is 19.3 Å². The van der Waals surface area contributed by atoms with Crippen LogP contribution in [0.3, 0.4) is 0 Å². The van der Waals surface area contributed by atoms with Crippen molar-refractivity contribution < 1.29 is 29.0 Å². The van der Waals surface area contributed by atoms with Gasteiger partial charge in [0.15, 0.2) is 0 Å². The number of aliphatic hydroxyl groups excluding tert-OH is 1. The van der Waals surface area contributed by atoms with Gasteiger partial charge < -0.3 is 24.8 Å². The highest BCUT2D eigenvalue weighted by molar-refractivity contribution is 5.98. The van der Waals surface area contributed by atoms with Crippen molar-refractivity contribution in [3.8, 4) is 0 Å². The summed E-state index contributed by atoms with van der Waals surface area (Å²) in [6.07, 6.45) is 1.59. The number of aliphatic hydroxyl groups is 1. The number of likely N-dealkylation sites (tertiary alicyclic amines) is 1. The Morgan fingerprint density at radius 1 is 1.36 bits per heavy atom. The molecular formula is C20H32N2O6. The van der Waals surface area contributed by atoms with Gasteiger partial charge in [0.25, 0.3) is 0 Å². The summed E-state index contributed by atoms with van der Waals surface area (Å²) in [7, 11) is 0. The third-order valence-electron chi connectivity index (χ3n) is 6.51. The van der Waals surface area contributed by atoms with Gasteiger partial charge in [-0.25, -0.2) is 0 Å². The zero-order valence-electron chi connectivity index (χ0n) is 17.4. The summed E-state index contributed by atoms with van der Waals surface area (Å²) >= 11 is 0. The Morgan fingerprint density at radius 3 is 2.57 bits per heavy atom. The van der Waals surface area contributed by atoms with Crippen LogP contribution in [-0.4, -0.2) is 70.3 Å². The van der Waals surface area contributed by atoms with Crippen molar-refractivity contribution in [2.75, 3.05) is 13.2 Å². The average Bonchev–Trinajstić information content (AvgIpc) is 3.17. The smallest absolute Gasteiger partial charge is 0.312 e. The molecule has 3 heterocycles. The lowest BCUT2D eigenvalue weighted by Crippen LogP contribution is -2.58. The number of carbonyl (C=O) groups excluding carboxylic acids is 3. The molecule has 8 nitrogen and oxygen atoms in total. The van der Waals surface area contributed by atoms with Crippen LogP contribution in [0, 0.1) is 11.8 Å². The summed E-state index contributed by atoms with van der Waals surface area (Å²) in [4.78, 5) is 41.0. The van der Waals surface area contributed by atoms with Gasteiger partial charge in [-0.15, -0.1) is 0 Å². The SMILES string of the molecule is CCOC(=O)[C@@H]1[C@H]2C(=O)N([C@@H](CC)CO)C(C(=O)NC(C)C)C23CC[C@@]1(C)O3. The molecule has 28 heavy (non-hydrogen) atoms.